The average Bonchev–Trinajstić information content (AvgIpc) is 2.70. The van der Waals surface area contributed by atoms with E-state index in [2.05, 4.69) is 4.98 Å². The van der Waals surface area contributed by atoms with Crippen molar-refractivity contribution in [3.63, 3.8) is 0 Å². The largest absolute Gasteiger partial charge is 0.490 e. The van der Waals surface area contributed by atoms with Crippen LogP contribution in [0.4, 0.5) is 13.2 Å². The van der Waals surface area contributed by atoms with Gasteiger partial charge in [0.2, 0.25) is 5.88 Å². The van der Waals surface area contributed by atoms with Gasteiger partial charge in [0, 0.05) is 5.39 Å². The summed E-state index contributed by atoms with van der Waals surface area (Å²) < 4.78 is 55.4. The third kappa shape index (κ3) is 4.16. The summed E-state index contributed by atoms with van der Waals surface area (Å²) in [5.41, 5.74) is -0.412. The van der Waals surface area contributed by atoms with Crippen LogP contribution in [0.25, 0.3) is 10.9 Å². The molecule has 0 bridgehead atoms. The lowest BCUT2D eigenvalue weighted by molar-refractivity contribution is -0.0888. The van der Waals surface area contributed by atoms with Crippen LogP contribution in [-0.2, 0) is 0 Å². The van der Waals surface area contributed by atoms with E-state index in [4.69, 9.17) is 14.2 Å². The molecule has 0 fully saturated rings. The second kappa shape index (κ2) is 8.16. The fourth-order valence-electron chi connectivity index (χ4n) is 2.62. The van der Waals surface area contributed by atoms with Gasteiger partial charge >= 0.3 is 6.18 Å². The summed E-state index contributed by atoms with van der Waals surface area (Å²) in [4.78, 5) is 16.0. The van der Waals surface area contributed by atoms with E-state index in [1.165, 1.54) is 6.07 Å². The first-order chi connectivity index (χ1) is 13.4. The van der Waals surface area contributed by atoms with Crippen LogP contribution in [0, 0.1) is 0 Å². The molecule has 0 amide bonds. The summed E-state index contributed by atoms with van der Waals surface area (Å²) in [6.07, 6.45) is -5.10. The summed E-state index contributed by atoms with van der Waals surface area (Å²) in [6, 6.07) is 15.3. The summed E-state index contributed by atoms with van der Waals surface area (Å²) in [5.74, 6) is -2.17. The predicted molar refractivity (Wildman–Crippen MR) is 96.1 cm³/mol. The number of benzene rings is 2. The number of hydrogen-bond acceptors (Lipinski definition) is 5. The molecule has 0 aliphatic rings. The highest BCUT2D eigenvalue weighted by atomic mass is 19.4. The molecule has 0 atom stereocenters. The molecule has 0 aliphatic heterocycles. The normalized spacial score (nSPS) is 11.3. The summed E-state index contributed by atoms with van der Waals surface area (Å²) >= 11 is 0. The van der Waals surface area contributed by atoms with Crippen molar-refractivity contribution in [1.82, 2.24) is 4.98 Å². The van der Waals surface area contributed by atoms with Gasteiger partial charge in [-0.25, -0.2) is 4.98 Å². The number of pyridine rings is 1. The highest BCUT2D eigenvalue weighted by Crippen LogP contribution is 2.38. The van der Waals surface area contributed by atoms with Crippen molar-refractivity contribution in [2.75, 3.05) is 20.3 Å². The van der Waals surface area contributed by atoms with Gasteiger partial charge < -0.3 is 14.2 Å². The van der Waals surface area contributed by atoms with Gasteiger partial charge in [-0.2, -0.15) is 13.2 Å². The number of aromatic nitrogens is 1. The van der Waals surface area contributed by atoms with E-state index in [0.29, 0.717) is 11.3 Å². The summed E-state index contributed by atoms with van der Waals surface area (Å²) in [7, 11) is 1.15. The monoisotopic (exact) mass is 391 g/mol. The molecular formula is C20H16F3NO4. The van der Waals surface area contributed by atoms with Gasteiger partial charge in [-0.05, 0) is 24.3 Å². The molecule has 0 aliphatic carbocycles. The van der Waals surface area contributed by atoms with E-state index >= 15 is 0 Å². The number of hydrogen-bond donors (Lipinski definition) is 0. The molecule has 0 unspecified atom stereocenters. The number of carbonyl (C=O) groups excluding carboxylic acids is 1. The minimum absolute atomic E-state index is 0.0721. The molecule has 3 aromatic rings. The summed E-state index contributed by atoms with van der Waals surface area (Å²) in [5, 5.41) is 0.274. The minimum Gasteiger partial charge on any atom is -0.490 e. The van der Waals surface area contributed by atoms with Crippen molar-refractivity contribution in [3.05, 3.63) is 60.2 Å². The lowest BCUT2D eigenvalue weighted by Crippen LogP contribution is -2.25. The molecule has 0 saturated heterocycles. The molecule has 0 saturated carbocycles. The zero-order valence-corrected chi connectivity index (χ0v) is 14.8. The van der Waals surface area contributed by atoms with Crippen LogP contribution in [0.3, 0.4) is 0 Å². The van der Waals surface area contributed by atoms with E-state index in [-0.39, 0.29) is 24.3 Å². The fourth-order valence-corrected chi connectivity index (χ4v) is 2.62. The van der Waals surface area contributed by atoms with Crippen LogP contribution in [0.15, 0.2) is 54.6 Å². The first-order valence-electron chi connectivity index (χ1n) is 8.30. The van der Waals surface area contributed by atoms with E-state index < -0.39 is 23.4 Å². The number of para-hydroxylation sites is 2. The van der Waals surface area contributed by atoms with Crippen molar-refractivity contribution >= 4 is 16.7 Å². The molecule has 2 aromatic carbocycles. The first-order valence-corrected chi connectivity index (χ1v) is 8.30. The third-order valence-electron chi connectivity index (χ3n) is 3.83. The first kappa shape index (κ1) is 19.5. The van der Waals surface area contributed by atoms with Gasteiger partial charge in [0.15, 0.2) is 0 Å². The van der Waals surface area contributed by atoms with Gasteiger partial charge in [-0.3, -0.25) is 4.79 Å². The molecular weight excluding hydrogens is 375 g/mol. The van der Waals surface area contributed by atoms with Crippen molar-refractivity contribution in [2.45, 2.75) is 6.18 Å². The molecule has 0 spiro atoms. The zero-order valence-electron chi connectivity index (χ0n) is 14.8. The fraction of sp³-hybridized carbons (Fsp3) is 0.200. The number of carbonyl (C=O) groups is 1. The quantitative estimate of drug-likeness (QED) is 0.440. The second-order valence-electron chi connectivity index (χ2n) is 5.68. The number of rotatable bonds is 7. The molecule has 8 heteroatoms. The van der Waals surface area contributed by atoms with Crippen molar-refractivity contribution in [1.29, 1.82) is 0 Å². The van der Waals surface area contributed by atoms with E-state index in [1.807, 2.05) is 6.07 Å². The van der Waals surface area contributed by atoms with E-state index in [9.17, 15) is 18.0 Å². The van der Waals surface area contributed by atoms with E-state index in [0.717, 1.165) is 7.11 Å². The highest BCUT2D eigenvalue weighted by molar-refractivity contribution is 6.08. The molecule has 0 N–H and O–H groups in total. The number of alkyl halides is 3. The Labute approximate surface area is 158 Å². The SMILES string of the molecule is COc1nc2ccccc2c(OCCOc2ccccc2)c1C(=O)C(F)(F)F. The van der Waals surface area contributed by atoms with Crippen LogP contribution >= 0.6 is 0 Å². The number of ketones is 1. The second-order valence-corrected chi connectivity index (χ2v) is 5.68. The number of nitrogens with zero attached hydrogens (tertiary/aromatic N) is 1. The average molecular weight is 391 g/mol. The van der Waals surface area contributed by atoms with Crippen LogP contribution in [-0.4, -0.2) is 37.3 Å². The molecule has 146 valence electrons. The Morgan fingerprint density at radius 2 is 1.61 bits per heavy atom. The maximum absolute atomic E-state index is 13.1. The Bertz CT molecular complexity index is 974. The Kier molecular flexibility index (Phi) is 5.67. The van der Waals surface area contributed by atoms with Crippen LogP contribution in [0.1, 0.15) is 10.4 Å². The van der Waals surface area contributed by atoms with Gasteiger partial charge in [-0.15, -0.1) is 0 Å². The number of fused-ring (bicyclic) bond motifs is 1. The highest BCUT2D eigenvalue weighted by Gasteiger charge is 2.43. The Balaban J connectivity index is 1.94. The van der Waals surface area contributed by atoms with E-state index in [1.54, 1.807) is 42.5 Å². The lowest BCUT2D eigenvalue weighted by Gasteiger charge is -2.17. The van der Waals surface area contributed by atoms with Crippen molar-refractivity contribution in [3.8, 4) is 17.4 Å². The topological polar surface area (TPSA) is 57.6 Å². The van der Waals surface area contributed by atoms with Crippen LogP contribution in [0.2, 0.25) is 0 Å². The Morgan fingerprint density at radius 3 is 2.29 bits per heavy atom. The van der Waals surface area contributed by atoms with Gasteiger partial charge in [0.05, 0.1) is 12.6 Å². The standard InChI is InChI=1S/C20H16F3NO4/c1-26-19-16(18(25)20(21,22)23)17(14-9-5-6-10-15(14)24-19)28-12-11-27-13-7-3-2-4-8-13/h2-10H,11-12H2,1H3. The minimum atomic E-state index is -5.10. The maximum Gasteiger partial charge on any atom is 0.455 e. The van der Waals surface area contributed by atoms with Gasteiger partial charge in [0.1, 0.15) is 30.3 Å². The van der Waals surface area contributed by atoms with Crippen LogP contribution < -0.4 is 14.2 Å². The molecule has 28 heavy (non-hydrogen) atoms. The zero-order chi connectivity index (χ0) is 20.1. The van der Waals surface area contributed by atoms with Gasteiger partial charge in [0.25, 0.3) is 5.78 Å². The van der Waals surface area contributed by atoms with Crippen molar-refractivity contribution < 1.29 is 32.2 Å². The van der Waals surface area contributed by atoms with Crippen molar-refractivity contribution in [2.24, 2.45) is 0 Å². The summed E-state index contributed by atoms with van der Waals surface area (Å²) in [6.45, 7) is -0.00712. The van der Waals surface area contributed by atoms with Crippen LogP contribution in [0.5, 0.6) is 17.4 Å². The third-order valence-corrected chi connectivity index (χ3v) is 3.83. The maximum atomic E-state index is 13.1. The van der Waals surface area contributed by atoms with Gasteiger partial charge in [-0.1, -0.05) is 30.3 Å². The molecule has 1 heterocycles. The number of methoxy groups -OCH3 is 1. The smallest absolute Gasteiger partial charge is 0.455 e. The number of halogens is 3. The molecule has 5 nitrogen and oxygen atoms in total. The Hall–Kier alpha value is -3.29. The Morgan fingerprint density at radius 1 is 0.964 bits per heavy atom. The number of ether oxygens (including phenoxy) is 3. The predicted octanol–water partition coefficient (Wildman–Crippen LogP) is 4.45. The number of Topliss-reactive ketones (excluding diaryl/α,β-unsaturated/α-hetero) is 1. The lowest BCUT2D eigenvalue weighted by atomic mass is 10.1. The molecule has 0 radical (unpaired) electrons. The molecule has 3 rings (SSSR count). The molecule has 1 aromatic heterocycles.